The van der Waals surface area contributed by atoms with E-state index in [2.05, 4.69) is 19.2 Å². The third-order valence-electron chi connectivity index (χ3n) is 2.76. The normalized spacial score (nSPS) is 10.8. The summed E-state index contributed by atoms with van der Waals surface area (Å²) >= 11 is 5.63. The quantitative estimate of drug-likeness (QED) is 0.857. The lowest BCUT2D eigenvalue weighted by Gasteiger charge is -2.09. The van der Waals surface area contributed by atoms with Gasteiger partial charge in [0.25, 0.3) is 0 Å². The van der Waals surface area contributed by atoms with Gasteiger partial charge in [-0.25, -0.2) is 4.39 Å². The van der Waals surface area contributed by atoms with E-state index in [1.54, 1.807) is 6.07 Å². The van der Waals surface area contributed by atoms with Crippen molar-refractivity contribution in [3.8, 4) is 11.5 Å². The molecular weight excluding hydrogens is 277 g/mol. The second-order valence-electron chi connectivity index (χ2n) is 4.86. The fraction of sp³-hybridized carbons (Fsp3) is 0.250. The second-order valence-corrected chi connectivity index (χ2v) is 5.26. The molecule has 1 N–H and O–H groups in total. The lowest BCUT2D eigenvalue weighted by molar-refractivity contribution is 0.476. The molecule has 0 fully saturated rings. The Hall–Kier alpha value is -1.58. The third kappa shape index (κ3) is 4.22. The van der Waals surface area contributed by atoms with Gasteiger partial charge in [0, 0.05) is 18.7 Å². The smallest absolute Gasteiger partial charge is 0.145 e. The lowest BCUT2D eigenvalue weighted by atomic mass is 10.2. The Bertz CT molecular complexity index is 569. The molecule has 0 spiro atoms. The highest BCUT2D eigenvalue weighted by molar-refractivity contribution is 6.30. The van der Waals surface area contributed by atoms with Crippen LogP contribution in [0.5, 0.6) is 11.5 Å². The molecule has 0 aromatic heterocycles. The van der Waals surface area contributed by atoms with Crippen LogP contribution in [0.25, 0.3) is 0 Å². The number of nitrogens with one attached hydrogen (secondary N) is 1. The van der Waals surface area contributed by atoms with Crippen molar-refractivity contribution in [1.82, 2.24) is 5.32 Å². The molecule has 0 unspecified atom stereocenters. The van der Waals surface area contributed by atoms with Crippen LogP contribution >= 0.6 is 11.6 Å². The predicted octanol–water partition coefficient (Wildman–Crippen LogP) is 4.77. The van der Waals surface area contributed by atoms with Crippen LogP contribution in [0.1, 0.15) is 19.4 Å². The molecule has 4 heteroatoms. The first-order valence-corrected chi connectivity index (χ1v) is 6.87. The van der Waals surface area contributed by atoms with E-state index in [-0.39, 0.29) is 5.02 Å². The van der Waals surface area contributed by atoms with Crippen molar-refractivity contribution in [3.63, 3.8) is 0 Å². The molecule has 106 valence electrons. The Kier molecular flexibility index (Phi) is 4.99. The zero-order valence-electron chi connectivity index (χ0n) is 11.5. The molecule has 0 amide bonds. The van der Waals surface area contributed by atoms with E-state index in [9.17, 15) is 4.39 Å². The van der Waals surface area contributed by atoms with Crippen molar-refractivity contribution in [2.24, 2.45) is 0 Å². The van der Waals surface area contributed by atoms with Crippen LogP contribution in [0.15, 0.2) is 42.5 Å². The minimum atomic E-state index is -0.484. The molecule has 0 saturated carbocycles. The summed E-state index contributed by atoms with van der Waals surface area (Å²) in [4.78, 5) is 0. The van der Waals surface area contributed by atoms with Crippen molar-refractivity contribution >= 4 is 11.6 Å². The maximum Gasteiger partial charge on any atom is 0.145 e. The van der Waals surface area contributed by atoms with Crippen LogP contribution in [0.2, 0.25) is 5.02 Å². The molecule has 2 aromatic carbocycles. The van der Waals surface area contributed by atoms with Gasteiger partial charge in [0.15, 0.2) is 0 Å². The van der Waals surface area contributed by atoms with Gasteiger partial charge in [0.2, 0.25) is 0 Å². The zero-order valence-corrected chi connectivity index (χ0v) is 12.2. The molecule has 0 radical (unpaired) electrons. The zero-order chi connectivity index (χ0) is 14.5. The van der Waals surface area contributed by atoms with Crippen molar-refractivity contribution < 1.29 is 9.13 Å². The molecule has 0 atom stereocenters. The Morgan fingerprint density at radius 3 is 2.35 bits per heavy atom. The summed E-state index contributed by atoms with van der Waals surface area (Å²) in [7, 11) is 0. The van der Waals surface area contributed by atoms with Gasteiger partial charge in [0.05, 0.1) is 5.02 Å². The molecule has 2 aromatic rings. The van der Waals surface area contributed by atoms with Crippen LogP contribution in [-0.2, 0) is 6.54 Å². The monoisotopic (exact) mass is 293 g/mol. The van der Waals surface area contributed by atoms with Gasteiger partial charge in [-0.05, 0) is 29.8 Å². The number of halogens is 2. The minimum absolute atomic E-state index is 0.0902. The first-order valence-electron chi connectivity index (χ1n) is 6.50. The maximum absolute atomic E-state index is 13.3. The fourth-order valence-corrected chi connectivity index (χ4v) is 1.79. The van der Waals surface area contributed by atoms with Gasteiger partial charge < -0.3 is 10.1 Å². The Morgan fingerprint density at radius 1 is 1.10 bits per heavy atom. The SMILES string of the molecule is CC(C)NCc1ccc(Oc2ccc(Cl)c(F)c2)cc1. The van der Waals surface area contributed by atoms with E-state index in [0.717, 1.165) is 6.54 Å². The maximum atomic E-state index is 13.3. The number of ether oxygens (including phenoxy) is 1. The van der Waals surface area contributed by atoms with Crippen molar-refractivity contribution in [2.45, 2.75) is 26.4 Å². The highest BCUT2D eigenvalue weighted by atomic mass is 35.5. The average Bonchev–Trinajstić information content (AvgIpc) is 2.42. The Balaban J connectivity index is 2.01. The van der Waals surface area contributed by atoms with E-state index in [1.165, 1.54) is 17.7 Å². The number of benzene rings is 2. The van der Waals surface area contributed by atoms with Crippen LogP contribution in [0, 0.1) is 5.82 Å². The summed E-state index contributed by atoms with van der Waals surface area (Å²) in [6, 6.07) is 12.5. The summed E-state index contributed by atoms with van der Waals surface area (Å²) in [6.45, 7) is 5.02. The topological polar surface area (TPSA) is 21.3 Å². The number of hydrogen-bond donors (Lipinski definition) is 1. The van der Waals surface area contributed by atoms with E-state index < -0.39 is 5.82 Å². The summed E-state index contributed by atoms with van der Waals surface area (Å²) in [6.07, 6.45) is 0. The van der Waals surface area contributed by atoms with Gasteiger partial charge in [-0.2, -0.15) is 0 Å². The van der Waals surface area contributed by atoms with Crippen LogP contribution in [0.4, 0.5) is 4.39 Å². The Labute approximate surface area is 123 Å². The number of rotatable bonds is 5. The highest BCUT2D eigenvalue weighted by Gasteiger charge is 2.03. The minimum Gasteiger partial charge on any atom is -0.457 e. The summed E-state index contributed by atoms with van der Waals surface area (Å²) < 4.78 is 18.9. The molecule has 0 heterocycles. The van der Waals surface area contributed by atoms with Crippen LogP contribution < -0.4 is 10.1 Å². The van der Waals surface area contributed by atoms with Gasteiger partial charge in [0.1, 0.15) is 17.3 Å². The molecular formula is C16H17ClFNO. The van der Waals surface area contributed by atoms with Crippen molar-refractivity contribution in [3.05, 3.63) is 58.9 Å². The van der Waals surface area contributed by atoms with E-state index in [1.807, 2.05) is 24.3 Å². The third-order valence-corrected chi connectivity index (χ3v) is 3.07. The molecule has 2 nitrogen and oxygen atoms in total. The largest absolute Gasteiger partial charge is 0.457 e. The molecule has 0 aliphatic rings. The highest BCUT2D eigenvalue weighted by Crippen LogP contribution is 2.25. The van der Waals surface area contributed by atoms with Crippen molar-refractivity contribution in [2.75, 3.05) is 0 Å². The first kappa shape index (κ1) is 14.8. The van der Waals surface area contributed by atoms with E-state index in [0.29, 0.717) is 17.5 Å². The standard InChI is InChI=1S/C16H17ClFNO/c1-11(2)19-10-12-3-5-13(6-4-12)20-14-7-8-15(17)16(18)9-14/h3-9,11,19H,10H2,1-2H3. The van der Waals surface area contributed by atoms with Crippen molar-refractivity contribution in [1.29, 1.82) is 0 Å². The fourth-order valence-electron chi connectivity index (χ4n) is 1.67. The molecule has 0 bridgehead atoms. The molecule has 2 rings (SSSR count). The predicted molar refractivity (Wildman–Crippen MR) is 79.9 cm³/mol. The van der Waals surface area contributed by atoms with Gasteiger partial charge in [-0.15, -0.1) is 0 Å². The van der Waals surface area contributed by atoms with E-state index in [4.69, 9.17) is 16.3 Å². The Morgan fingerprint density at radius 2 is 1.75 bits per heavy atom. The lowest BCUT2D eigenvalue weighted by Crippen LogP contribution is -2.21. The first-order chi connectivity index (χ1) is 9.54. The van der Waals surface area contributed by atoms with E-state index >= 15 is 0 Å². The average molecular weight is 294 g/mol. The molecule has 0 aliphatic carbocycles. The van der Waals surface area contributed by atoms with Gasteiger partial charge in [-0.3, -0.25) is 0 Å². The summed E-state index contributed by atoms with van der Waals surface area (Å²) in [5.41, 5.74) is 1.17. The van der Waals surface area contributed by atoms with Gasteiger partial charge >= 0.3 is 0 Å². The van der Waals surface area contributed by atoms with Gasteiger partial charge in [-0.1, -0.05) is 37.6 Å². The molecule has 0 saturated heterocycles. The second kappa shape index (κ2) is 6.73. The molecule has 20 heavy (non-hydrogen) atoms. The number of hydrogen-bond acceptors (Lipinski definition) is 2. The molecule has 0 aliphatic heterocycles. The summed E-state index contributed by atoms with van der Waals surface area (Å²) in [5.74, 6) is 0.613. The summed E-state index contributed by atoms with van der Waals surface area (Å²) in [5, 5.41) is 3.43. The van der Waals surface area contributed by atoms with Crippen LogP contribution in [0.3, 0.4) is 0 Å². The van der Waals surface area contributed by atoms with Crippen LogP contribution in [-0.4, -0.2) is 6.04 Å².